The number of amides is 1. The minimum atomic E-state index is -0.0894. The van der Waals surface area contributed by atoms with Gasteiger partial charge in [0.2, 0.25) is 5.91 Å². The van der Waals surface area contributed by atoms with Crippen LogP contribution in [-0.4, -0.2) is 35.0 Å². The third-order valence-corrected chi connectivity index (χ3v) is 4.69. The number of benzene rings is 1. The summed E-state index contributed by atoms with van der Waals surface area (Å²) >= 11 is 5.96. The summed E-state index contributed by atoms with van der Waals surface area (Å²) in [5.41, 5.74) is 2.91. The molecule has 7 heteroatoms. The molecule has 3 rings (SSSR count). The Morgan fingerprint density at radius 1 is 1.38 bits per heavy atom. The fourth-order valence-electron chi connectivity index (χ4n) is 3.05. The van der Waals surface area contributed by atoms with Crippen LogP contribution in [0.4, 0.5) is 0 Å². The zero-order chi connectivity index (χ0) is 16.9. The van der Waals surface area contributed by atoms with E-state index in [0.29, 0.717) is 24.5 Å². The standard InChI is InChI=1S/C17H21ClN4O2/c1-24-9-8-14(11-2-5-13(18)6-3-11)19-17(23)12-4-7-15-16(10-12)21-22-20-15/h2-3,5-6,12,14H,4,7-10H2,1H3,(H,19,23)(H,20,21,22). The molecule has 2 atom stereocenters. The molecule has 2 unspecified atom stereocenters. The van der Waals surface area contributed by atoms with Crippen molar-refractivity contribution in [2.75, 3.05) is 13.7 Å². The number of aryl methyl sites for hydroxylation is 1. The van der Waals surface area contributed by atoms with Gasteiger partial charge in [-0.05, 0) is 37.0 Å². The second-order valence-electron chi connectivity index (χ2n) is 6.05. The monoisotopic (exact) mass is 348 g/mol. The number of hydrogen-bond donors (Lipinski definition) is 2. The largest absolute Gasteiger partial charge is 0.385 e. The number of H-pyrrole nitrogens is 1. The molecule has 24 heavy (non-hydrogen) atoms. The SMILES string of the molecule is COCCC(NC(=O)C1CCc2n[nH]nc2C1)c1ccc(Cl)cc1. The fraction of sp³-hybridized carbons (Fsp3) is 0.471. The van der Waals surface area contributed by atoms with Crippen LogP contribution >= 0.6 is 11.6 Å². The Morgan fingerprint density at radius 2 is 2.12 bits per heavy atom. The molecular weight excluding hydrogens is 328 g/mol. The average Bonchev–Trinajstić information content (AvgIpc) is 3.07. The predicted octanol–water partition coefficient (Wildman–Crippen LogP) is 2.46. The first-order chi connectivity index (χ1) is 11.7. The van der Waals surface area contributed by atoms with Gasteiger partial charge in [0.25, 0.3) is 0 Å². The van der Waals surface area contributed by atoms with E-state index in [4.69, 9.17) is 16.3 Å². The normalized spacial score (nSPS) is 18.0. The van der Waals surface area contributed by atoms with E-state index in [-0.39, 0.29) is 17.9 Å². The van der Waals surface area contributed by atoms with Gasteiger partial charge >= 0.3 is 0 Å². The molecule has 1 amide bonds. The Balaban J connectivity index is 1.68. The van der Waals surface area contributed by atoms with Crippen LogP contribution in [0.2, 0.25) is 5.02 Å². The number of halogens is 1. The molecule has 2 N–H and O–H groups in total. The smallest absolute Gasteiger partial charge is 0.224 e. The summed E-state index contributed by atoms with van der Waals surface area (Å²) < 4.78 is 5.18. The van der Waals surface area contributed by atoms with Crippen molar-refractivity contribution in [2.24, 2.45) is 5.92 Å². The van der Waals surface area contributed by atoms with Crippen molar-refractivity contribution in [1.29, 1.82) is 0 Å². The van der Waals surface area contributed by atoms with Gasteiger partial charge < -0.3 is 10.1 Å². The average molecular weight is 349 g/mol. The van der Waals surface area contributed by atoms with Crippen LogP contribution < -0.4 is 5.32 Å². The van der Waals surface area contributed by atoms with E-state index in [1.54, 1.807) is 7.11 Å². The number of fused-ring (bicyclic) bond motifs is 1. The van der Waals surface area contributed by atoms with E-state index >= 15 is 0 Å². The lowest BCUT2D eigenvalue weighted by atomic mass is 9.88. The topological polar surface area (TPSA) is 79.9 Å². The third-order valence-electron chi connectivity index (χ3n) is 4.44. The number of nitrogens with zero attached hydrogens (tertiary/aromatic N) is 2. The van der Waals surface area contributed by atoms with Crippen molar-refractivity contribution in [1.82, 2.24) is 20.7 Å². The molecule has 0 radical (unpaired) electrons. The molecule has 128 valence electrons. The third kappa shape index (κ3) is 3.94. The Kier molecular flexibility index (Phi) is 5.48. The Bertz CT molecular complexity index is 686. The van der Waals surface area contributed by atoms with Crippen molar-refractivity contribution in [3.63, 3.8) is 0 Å². The van der Waals surface area contributed by atoms with Crippen LogP contribution in [0.1, 0.15) is 35.8 Å². The van der Waals surface area contributed by atoms with Crippen LogP contribution in [-0.2, 0) is 22.4 Å². The number of carbonyl (C=O) groups is 1. The molecule has 2 aromatic rings. The van der Waals surface area contributed by atoms with Crippen molar-refractivity contribution in [2.45, 2.75) is 31.7 Å². The Labute approximate surface area is 145 Å². The lowest BCUT2D eigenvalue weighted by Gasteiger charge is -2.24. The first-order valence-electron chi connectivity index (χ1n) is 8.10. The highest BCUT2D eigenvalue weighted by Gasteiger charge is 2.28. The molecule has 1 aliphatic rings. The second-order valence-corrected chi connectivity index (χ2v) is 6.49. The number of methoxy groups -OCH3 is 1. The summed E-state index contributed by atoms with van der Waals surface area (Å²) in [6.07, 6.45) is 2.93. The molecule has 1 heterocycles. The van der Waals surface area contributed by atoms with Crippen LogP contribution in [0.5, 0.6) is 0 Å². The zero-order valence-corrected chi connectivity index (χ0v) is 14.3. The highest BCUT2D eigenvalue weighted by Crippen LogP contribution is 2.25. The Hall–Kier alpha value is -1.92. The van der Waals surface area contributed by atoms with Gasteiger partial charge in [0.05, 0.1) is 17.4 Å². The highest BCUT2D eigenvalue weighted by atomic mass is 35.5. The summed E-state index contributed by atoms with van der Waals surface area (Å²) in [6, 6.07) is 7.48. The molecule has 0 spiro atoms. The molecule has 0 bridgehead atoms. The maximum atomic E-state index is 12.7. The summed E-state index contributed by atoms with van der Waals surface area (Å²) in [5.74, 6) is -0.0142. The summed E-state index contributed by atoms with van der Waals surface area (Å²) in [7, 11) is 1.66. The van der Waals surface area contributed by atoms with Gasteiger partial charge in [0.15, 0.2) is 0 Å². The van der Waals surface area contributed by atoms with Crippen molar-refractivity contribution in [3.05, 3.63) is 46.2 Å². The number of rotatable bonds is 6. The van der Waals surface area contributed by atoms with E-state index in [2.05, 4.69) is 20.7 Å². The first-order valence-corrected chi connectivity index (χ1v) is 8.48. The first kappa shape index (κ1) is 16.9. The van der Waals surface area contributed by atoms with Crippen LogP contribution in [0.25, 0.3) is 0 Å². The Morgan fingerprint density at radius 3 is 2.88 bits per heavy atom. The van der Waals surface area contributed by atoms with Gasteiger partial charge in [-0.15, -0.1) is 0 Å². The van der Waals surface area contributed by atoms with Gasteiger partial charge in [0, 0.05) is 31.1 Å². The molecule has 0 saturated carbocycles. The van der Waals surface area contributed by atoms with Crippen LogP contribution in [0, 0.1) is 5.92 Å². The van der Waals surface area contributed by atoms with Crippen LogP contribution in [0.3, 0.4) is 0 Å². The van der Waals surface area contributed by atoms with Gasteiger partial charge in [0.1, 0.15) is 0 Å². The molecule has 1 aliphatic carbocycles. The van der Waals surface area contributed by atoms with Gasteiger partial charge in [-0.3, -0.25) is 4.79 Å². The van der Waals surface area contributed by atoms with Crippen LogP contribution in [0.15, 0.2) is 24.3 Å². The van der Waals surface area contributed by atoms with Gasteiger partial charge in [-0.25, -0.2) is 0 Å². The van der Waals surface area contributed by atoms with E-state index in [9.17, 15) is 4.79 Å². The number of carbonyl (C=O) groups excluding carboxylic acids is 1. The van der Waals surface area contributed by atoms with Crippen molar-refractivity contribution >= 4 is 17.5 Å². The fourth-order valence-corrected chi connectivity index (χ4v) is 3.18. The lowest BCUT2D eigenvalue weighted by molar-refractivity contribution is -0.126. The lowest BCUT2D eigenvalue weighted by Crippen LogP contribution is -2.37. The molecule has 0 aliphatic heterocycles. The van der Waals surface area contributed by atoms with E-state index < -0.39 is 0 Å². The minimum absolute atomic E-state index is 0.0553. The van der Waals surface area contributed by atoms with Crippen molar-refractivity contribution in [3.8, 4) is 0 Å². The number of aromatic amines is 1. The quantitative estimate of drug-likeness (QED) is 0.840. The number of hydrogen-bond acceptors (Lipinski definition) is 4. The van der Waals surface area contributed by atoms with Gasteiger partial charge in [-0.1, -0.05) is 23.7 Å². The summed E-state index contributed by atoms with van der Waals surface area (Å²) in [4.78, 5) is 12.7. The zero-order valence-electron chi connectivity index (χ0n) is 13.6. The molecule has 0 fully saturated rings. The maximum absolute atomic E-state index is 12.7. The minimum Gasteiger partial charge on any atom is -0.385 e. The molecule has 1 aromatic carbocycles. The number of aromatic nitrogens is 3. The summed E-state index contributed by atoms with van der Waals surface area (Å²) in [6.45, 7) is 0.575. The van der Waals surface area contributed by atoms with E-state index in [1.165, 1.54) is 0 Å². The van der Waals surface area contributed by atoms with E-state index in [1.807, 2.05) is 24.3 Å². The van der Waals surface area contributed by atoms with Gasteiger partial charge in [-0.2, -0.15) is 15.4 Å². The molecule has 6 nitrogen and oxygen atoms in total. The maximum Gasteiger partial charge on any atom is 0.224 e. The number of nitrogens with one attached hydrogen (secondary N) is 2. The molecule has 0 saturated heterocycles. The predicted molar refractivity (Wildman–Crippen MR) is 90.7 cm³/mol. The highest BCUT2D eigenvalue weighted by molar-refractivity contribution is 6.30. The second kappa shape index (κ2) is 7.77. The summed E-state index contributed by atoms with van der Waals surface area (Å²) in [5, 5.41) is 14.7. The number of ether oxygens (including phenoxy) is 1. The molecular formula is C17H21ClN4O2. The van der Waals surface area contributed by atoms with E-state index in [0.717, 1.165) is 29.8 Å². The molecule has 1 aromatic heterocycles. The van der Waals surface area contributed by atoms with Crippen molar-refractivity contribution < 1.29 is 9.53 Å².